The van der Waals surface area contributed by atoms with Crippen molar-refractivity contribution in [3.05, 3.63) is 34.9 Å². The molecule has 0 heterocycles. The number of hydrogen-bond acceptors (Lipinski definition) is 1. The largest absolute Gasteiger partial charge is 0.314 e. The van der Waals surface area contributed by atoms with Crippen LogP contribution in [0.25, 0.3) is 0 Å². The average molecular weight is 231 g/mol. The van der Waals surface area contributed by atoms with Crippen molar-refractivity contribution < 1.29 is 0 Å². The molecule has 17 heavy (non-hydrogen) atoms. The van der Waals surface area contributed by atoms with Crippen molar-refractivity contribution in [2.75, 3.05) is 6.54 Å². The molecule has 1 unspecified atom stereocenters. The fourth-order valence-electron chi connectivity index (χ4n) is 2.38. The highest BCUT2D eigenvalue weighted by Gasteiger charge is 2.20. The normalized spacial score (nSPS) is 17.1. The first-order valence-electron chi connectivity index (χ1n) is 6.94. The van der Waals surface area contributed by atoms with Gasteiger partial charge in [0.2, 0.25) is 0 Å². The Morgan fingerprint density at radius 3 is 2.41 bits per heavy atom. The number of rotatable bonds is 6. The minimum atomic E-state index is 0.788. The molecular weight excluding hydrogens is 206 g/mol. The molecule has 1 saturated carbocycles. The van der Waals surface area contributed by atoms with Crippen LogP contribution in [0, 0.1) is 19.8 Å². The molecule has 1 aliphatic rings. The van der Waals surface area contributed by atoms with E-state index in [0.717, 1.165) is 12.0 Å². The molecule has 0 aliphatic heterocycles. The molecule has 0 saturated heterocycles. The van der Waals surface area contributed by atoms with Crippen molar-refractivity contribution in [3.63, 3.8) is 0 Å². The summed E-state index contributed by atoms with van der Waals surface area (Å²) in [5.74, 6) is 0.788. The van der Waals surface area contributed by atoms with Crippen molar-refractivity contribution >= 4 is 0 Å². The summed E-state index contributed by atoms with van der Waals surface area (Å²) in [7, 11) is 0. The summed E-state index contributed by atoms with van der Waals surface area (Å²) in [6.07, 6.45) is 5.30. The van der Waals surface area contributed by atoms with Gasteiger partial charge in [0.15, 0.2) is 0 Å². The van der Waals surface area contributed by atoms with Gasteiger partial charge in [-0.3, -0.25) is 0 Å². The average Bonchev–Trinajstić information content (AvgIpc) is 3.06. The van der Waals surface area contributed by atoms with Gasteiger partial charge >= 0.3 is 0 Å². The lowest BCUT2D eigenvalue weighted by Gasteiger charge is -2.12. The number of nitrogens with one attached hydrogen (secondary N) is 1. The van der Waals surface area contributed by atoms with Crippen LogP contribution < -0.4 is 5.32 Å². The Labute approximate surface area is 106 Å². The second-order valence-electron chi connectivity index (χ2n) is 5.82. The standard InChI is InChI=1S/C16H25N/c1-12(11-17-16-6-7-16)4-5-15-9-13(2)8-14(3)10-15/h8-10,12,16-17H,4-7,11H2,1-3H3. The molecular formula is C16H25N. The van der Waals surface area contributed by atoms with Crippen LogP contribution in [-0.4, -0.2) is 12.6 Å². The lowest BCUT2D eigenvalue weighted by atomic mass is 9.98. The lowest BCUT2D eigenvalue weighted by molar-refractivity contribution is 0.479. The number of hydrogen-bond donors (Lipinski definition) is 1. The van der Waals surface area contributed by atoms with Gasteiger partial charge in [-0.25, -0.2) is 0 Å². The van der Waals surface area contributed by atoms with Crippen LogP contribution in [0.3, 0.4) is 0 Å². The number of aryl methyl sites for hydroxylation is 3. The summed E-state index contributed by atoms with van der Waals surface area (Å²) in [5.41, 5.74) is 4.29. The van der Waals surface area contributed by atoms with Crippen LogP contribution in [0.2, 0.25) is 0 Å². The molecule has 1 atom stereocenters. The van der Waals surface area contributed by atoms with Gasteiger partial charge in [-0.15, -0.1) is 0 Å². The van der Waals surface area contributed by atoms with Crippen molar-refractivity contribution in [1.29, 1.82) is 0 Å². The zero-order valence-corrected chi connectivity index (χ0v) is 11.4. The second kappa shape index (κ2) is 5.68. The van der Waals surface area contributed by atoms with Crippen LogP contribution in [0.15, 0.2) is 18.2 Å². The minimum Gasteiger partial charge on any atom is -0.314 e. The Morgan fingerprint density at radius 1 is 1.18 bits per heavy atom. The van der Waals surface area contributed by atoms with Gasteiger partial charge in [0.1, 0.15) is 0 Å². The van der Waals surface area contributed by atoms with E-state index < -0.39 is 0 Å². The Bertz CT molecular complexity index is 346. The van der Waals surface area contributed by atoms with Gasteiger partial charge in [0, 0.05) is 6.04 Å². The van der Waals surface area contributed by atoms with Gasteiger partial charge in [0.25, 0.3) is 0 Å². The maximum Gasteiger partial charge on any atom is 0.00683 e. The summed E-state index contributed by atoms with van der Waals surface area (Å²) >= 11 is 0. The highest BCUT2D eigenvalue weighted by Crippen LogP contribution is 2.19. The van der Waals surface area contributed by atoms with E-state index in [2.05, 4.69) is 44.3 Å². The van der Waals surface area contributed by atoms with E-state index in [0.29, 0.717) is 0 Å². The summed E-state index contributed by atoms with van der Waals surface area (Å²) in [4.78, 5) is 0. The smallest absolute Gasteiger partial charge is 0.00683 e. The Hall–Kier alpha value is -0.820. The van der Waals surface area contributed by atoms with Crippen molar-refractivity contribution in [3.8, 4) is 0 Å². The van der Waals surface area contributed by atoms with Crippen LogP contribution in [-0.2, 0) is 6.42 Å². The zero-order chi connectivity index (χ0) is 12.3. The molecule has 0 radical (unpaired) electrons. The van der Waals surface area contributed by atoms with E-state index in [1.807, 2.05) is 0 Å². The minimum absolute atomic E-state index is 0.788. The molecule has 1 aromatic carbocycles. The van der Waals surface area contributed by atoms with Gasteiger partial charge in [0.05, 0.1) is 0 Å². The Kier molecular flexibility index (Phi) is 4.22. The molecule has 1 heteroatoms. The molecule has 0 amide bonds. The van der Waals surface area contributed by atoms with E-state index >= 15 is 0 Å². The molecule has 1 nitrogen and oxygen atoms in total. The molecule has 0 spiro atoms. The molecule has 1 N–H and O–H groups in total. The van der Waals surface area contributed by atoms with E-state index in [9.17, 15) is 0 Å². The number of benzene rings is 1. The maximum absolute atomic E-state index is 3.62. The molecule has 1 aromatic rings. The van der Waals surface area contributed by atoms with Crippen molar-refractivity contribution in [1.82, 2.24) is 5.32 Å². The fraction of sp³-hybridized carbons (Fsp3) is 0.625. The fourth-order valence-corrected chi connectivity index (χ4v) is 2.38. The highest BCUT2D eigenvalue weighted by atomic mass is 14.9. The van der Waals surface area contributed by atoms with E-state index in [-0.39, 0.29) is 0 Å². The molecule has 94 valence electrons. The lowest BCUT2D eigenvalue weighted by Crippen LogP contribution is -2.23. The van der Waals surface area contributed by atoms with Gasteiger partial charge in [-0.2, -0.15) is 0 Å². The Morgan fingerprint density at radius 2 is 1.82 bits per heavy atom. The molecule has 0 bridgehead atoms. The third-order valence-corrected chi connectivity index (χ3v) is 3.54. The van der Waals surface area contributed by atoms with Gasteiger partial charge in [-0.05, 0) is 57.6 Å². The predicted octanol–water partition coefficient (Wildman–Crippen LogP) is 3.62. The van der Waals surface area contributed by atoms with Gasteiger partial charge in [-0.1, -0.05) is 36.2 Å². The SMILES string of the molecule is Cc1cc(C)cc(CCC(C)CNC2CC2)c1. The van der Waals surface area contributed by atoms with Crippen LogP contribution in [0.1, 0.15) is 42.9 Å². The zero-order valence-electron chi connectivity index (χ0n) is 11.4. The molecule has 0 aromatic heterocycles. The van der Waals surface area contributed by atoms with Crippen LogP contribution in [0.5, 0.6) is 0 Å². The van der Waals surface area contributed by atoms with E-state index in [1.54, 1.807) is 0 Å². The topological polar surface area (TPSA) is 12.0 Å². The first kappa shape index (κ1) is 12.6. The summed E-state index contributed by atoms with van der Waals surface area (Å²) < 4.78 is 0. The third-order valence-electron chi connectivity index (χ3n) is 3.54. The van der Waals surface area contributed by atoms with Crippen LogP contribution in [0.4, 0.5) is 0 Å². The van der Waals surface area contributed by atoms with E-state index in [4.69, 9.17) is 0 Å². The second-order valence-corrected chi connectivity index (χ2v) is 5.82. The highest BCUT2D eigenvalue weighted by molar-refractivity contribution is 5.28. The van der Waals surface area contributed by atoms with Crippen molar-refractivity contribution in [2.45, 2.75) is 52.5 Å². The molecule has 1 fully saturated rings. The monoisotopic (exact) mass is 231 g/mol. The predicted molar refractivity (Wildman–Crippen MR) is 74.4 cm³/mol. The summed E-state index contributed by atoms with van der Waals surface area (Å²) in [5, 5.41) is 3.62. The quantitative estimate of drug-likeness (QED) is 0.788. The third kappa shape index (κ3) is 4.51. The van der Waals surface area contributed by atoms with Gasteiger partial charge < -0.3 is 5.32 Å². The molecule has 2 rings (SSSR count). The first-order chi connectivity index (χ1) is 8.13. The maximum atomic E-state index is 3.62. The van der Waals surface area contributed by atoms with Crippen molar-refractivity contribution in [2.24, 2.45) is 5.92 Å². The van der Waals surface area contributed by atoms with E-state index in [1.165, 1.54) is 48.9 Å². The Balaban J connectivity index is 1.75. The van der Waals surface area contributed by atoms with Crippen LogP contribution >= 0.6 is 0 Å². The first-order valence-corrected chi connectivity index (χ1v) is 6.94. The summed E-state index contributed by atoms with van der Waals surface area (Å²) in [6, 6.07) is 7.75. The summed E-state index contributed by atoms with van der Waals surface area (Å²) in [6.45, 7) is 7.93. The molecule has 1 aliphatic carbocycles.